The van der Waals surface area contributed by atoms with E-state index in [4.69, 9.17) is 4.74 Å². The van der Waals surface area contributed by atoms with Crippen LogP contribution in [-0.2, 0) is 4.74 Å². The third kappa shape index (κ3) is 11.4. The van der Waals surface area contributed by atoms with Crippen LogP contribution < -0.4 is 0 Å². The van der Waals surface area contributed by atoms with Crippen molar-refractivity contribution in [2.24, 2.45) is 0 Å². The molecule has 0 atom stereocenters. The zero-order valence-corrected chi connectivity index (χ0v) is 11.4. The first-order valence-corrected chi connectivity index (χ1v) is 11.4. The van der Waals surface area contributed by atoms with Crippen molar-refractivity contribution >= 4 is 16.1 Å². The molecule has 0 N–H and O–H groups in total. The predicted octanol–water partition coefficient (Wildman–Crippen LogP) is 2.68. The van der Waals surface area contributed by atoms with E-state index in [1.165, 1.54) is 0 Å². The van der Waals surface area contributed by atoms with E-state index in [1.807, 2.05) is 0 Å². The Kier molecular flexibility index (Phi) is 4.32. The average Bonchev–Trinajstić information content (AvgIpc) is 1.81. The number of hydrogen-bond acceptors (Lipinski definition) is 1. The van der Waals surface area contributed by atoms with Gasteiger partial charge in [0.1, 0.15) is 28.4 Å². The normalized spacial score (nSPS) is 10.6. The van der Waals surface area contributed by atoms with Crippen molar-refractivity contribution in [3.05, 3.63) is 0 Å². The molecule has 3 heteroatoms. The van der Waals surface area contributed by atoms with E-state index in [2.05, 4.69) is 62.6 Å². The molecule has 0 saturated carbocycles. The van der Waals surface area contributed by atoms with Gasteiger partial charge in [-0.25, -0.2) is 0 Å². The Bertz CT molecular complexity index is 242. The van der Waals surface area contributed by atoms with Crippen LogP contribution in [0.2, 0.25) is 39.3 Å². The monoisotopic (exact) mass is 210 g/mol. The minimum absolute atomic E-state index is 1.30. The molecule has 0 heterocycles. The van der Waals surface area contributed by atoms with Crippen molar-refractivity contribution in [2.45, 2.75) is 39.3 Å². The molecule has 0 aromatic rings. The van der Waals surface area contributed by atoms with Gasteiger partial charge in [0.05, 0.1) is 0 Å². The fraction of sp³-hybridized carbons (Fsp3) is 0.600. The van der Waals surface area contributed by atoms with Crippen molar-refractivity contribution in [1.29, 1.82) is 0 Å². The van der Waals surface area contributed by atoms with Gasteiger partial charge in [-0.3, -0.25) is 0 Å². The SMILES string of the molecule is C[Si](C)(C)C#COC#C[Si](C)(C)C. The second-order valence-corrected chi connectivity index (χ2v) is 14.6. The minimum atomic E-state index is -1.30. The zero-order valence-electron chi connectivity index (χ0n) is 9.41. The van der Waals surface area contributed by atoms with E-state index in [0.717, 1.165) is 0 Å². The van der Waals surface area contributed by atoms with E-state index in [-0.39, 0.29) is 0 Å². The second-order valence-electron chi connectivity index (χ2n) is 5.06. The Morgan fingerprint density at radius 1 is 0.692 bits per heavy atom. The first-order chi connectivity index (χ1) is 5.71. The summed E-state index contributed by atoms with van der Waals surface area (Å²) in [5.41, 5.74) is 6.18. The average molecular weight is 210 g/mol. The van der Waals surface area contributed by atoms with Crippen molar-refractivity contribution in [3.63, 3.8) is 0 Å². The van der Waals surface area contributed by atoms with E-state index in [1.54, 1.807) is 0 Å². The standard InChI is InChI=1S/C10H18OSi2/c1-12(2,3)9-7-11-8-10-13(4,5)6/h1-6H3. The molecule has 0 fully saturated rings. The summed E-state index contributed by atoms with van der Waals surface area (Å²) in [5.74, 6) is 0. The molecule has 0 bridgehead atoms. The topological polar surface area (TPSA) is 9.23 Å². The maximum atomic E-state index is 4.93. The van der Waals surface area contributed by atoms with Crippen LogP contribution in [0.5, 0.6) is 0 Å². The van der Waals surface area contributed by atoms with Gasteiger partial charge in [0.2, 0.25) is 0 Å². The first kappa shape index (κ1) is 12.4. The van der Waals surface area contributed by atoms with Gasteiger partial charge in [-0.2, -0.15) is 0 Å². The van der Waals surface area contributed by atoms with Gasteiger partial charge >= 0.3 is 0 Å². The molecular weight excluding hydrogens is 192 g/mol. The number of hydrogen-bond donors (Lipinski definition) is 0. The Morgan fingerprint density at radius 2 is 1.00 bits per heavy atom. The molecule has 13 heavy (non-hydrogen) atoms. The molecule has 0 spiro atoms. The van der Waals surface area contributed by atoms with Crippen LogP contribution in [0.4, 0.5) is 0 Å². The summed E-state index contributed by atoms with van der Waals surface area (Å²) in [6, 6.07) is 0. The highest BCUT2D eigenvalue weighted by atomic mass is 28.3. The molecule has 0 radical (unpaired) electrons. The van der Waals surface area contributed by atoms with Crippen LogP contribution in [0.3, 0.4) is 0 Å². The van der Waals surface area contributed by atoms with Gasteiger partial charge in [0.15, 0.2) is 0 Å². The fourth-order valence-electron chi connectivity index (χ4n) is 0.383. The fourth-order valence-corrected chi connectivity index (χ4v) is 1.10. The lowest BCUT2D eigenvalue weighted by Gasteiger charge is -2.02. The smallest absolute Gasteiger partial charge is 0.133 e. The van der Waals surface area contributed by atoms with Crippen LogP contribution >= 0.6 is 0 Å². The quantitative estimate of drug-likeness (QED) is 0.441. The molecule has 0 unspecified atom stereocenters. The van der Waals surface area contributed by atoms with Gasteiger partial charge in [-0.05, 0) is 0 Å². The molecule has 0 aliphatic carbocycles. The Morgan fingerprint density at radius 3 is 1.23 bits per heavy atom. The van der Waals surface area contributed by atoms with E-state index < -0.39 is 16.1 Å². The third-order valence-corrected chi connectivity index (χ3v) is 2.66. The lowest BCUT2D eigenvalue weighted by Crippen LogP contribution is -2.17. The second kappa shape index (κ2) is 4.55. The molecule has 0 aromatic heterocycles. The van der Waals surface area contributed by atoms with Crippen LogP contribution in [0.15, 0.2) is 0 Å². The maximum absolute atomic E-state index is 4.93. The van der Waals surface area contributed by atoms with Crippen molar-refractivity contribution in [3.8, 4) is 23.3 Å². The van der Waals surface area contributed by atoms with Gasteiger partial charge in [-0.15, -0.1) is 0 Å². The van der Waals surface area contributed by atoms with Gasteiger partial charge in [-0.1, -0.05) is 50.4 Å². The molecule has 0 aliphatic rings. The largest absolute Gasteiger partial charge is 0.358 e. The van der Waals surface area contributed by atoms with Crippen LogP contribution in [-0.4, -0.2) is 16.1 Å². The molecule has 0 rings (SSSR count). The van der Waals surface area contributed by atoms with E-state index in [9.17, 15) is 0 Å². The first-order valence-electron chi connectivity index (χ1n) is 4.41. The summed E-state index contributed by atoms with van der Waals surface area (Å²) >= 11 is 0. The van der Waals surface area contributed by atoms with Gasteiger partial charge in [0, 0.05) is 0 Å². The number of rotatable bonds is 0. The molecule has 0 amide bonds. The minimum Gasteiger partial charge on any atom is -0.358 e. The molecule has 0 saturated heterocycles. The molecular formula is C10H18OSi2. The predicted molar refractivity (Wildman–Crippen MR) is 63.3 cm³/mol. The van der Waals surface area contributed by atoms with Gasteiger partial charge < -0.3 is 4.74 Å². The highest BCUT2D eigenvalue weighted by Crippen LogP contribution is 1.97. The van der Waals surface area contributed by atoms with Crippen LogP contribution in [0.1, 0.15) is 0 Å². The summed E-state index contributed by atoms with van der Waals surface area (Å²) in [7, 11) is -2.59. The lowest BCUT2D eigenvalue weighted by molar-refractivity contribution is 0.480. The maximum Gasteiger partial charge on any atom is 0.133 e. The third-order valence-electron chi connectivity index (χ3n) is 0.954. The zero-order chi connectivity index (χ0) is 10.5. The number of ether oxygens (including phenoxy) is 1. The molecule has 0 aromatic carbocycles. The van der Waals surface area contributed by atoms with Gasteiger partial charge in [0.25, 0.3) is 0 Å². The van der Waals surface area contributed by atoms with Crippen molar-refractivity contribution < 1.29 is 4.74 Å². The summed E-state index contributed by atoms with van der Waals surface area (Å²) < 4.78 is 4.93. The lowest BCUT2D eigenvalue weighted by atomic mass is 11.2. The molecule has 72 valence electrons. The Balaban J connectivity index is 4.03. The van der Waals surface area contributed by atoms with E-state index in [0.29, 0.717) is 0 Å². The summed E-state index contributed by atoms with van der Waals surface area (Å²) in [6.45, 7) is 13.1. The Labute approximate surface area is 83.9 Å². The van der Waals surface area contributed by atoms with E-state index >= 15 is 0 Å². The highest BCUT2D eigenvalue weighted by Gasteiger charge is 2.08. The summed E-state index contributed by atoms with van der Waals surface area (Å²) in [6.07, 6.45) is 5.32. The van der Waals surface area contributed by atoms with Crippen LogP contribution in [0, 0.1) is 23.3 Å². The summed E-state index contributed by atoms with van der Waals surface area (Å²) in [4.78, 5) is 0. The highest BCUT2D eigenvalue weighted by molar-refractivity contribution is 6.84. The molecule has 0 aliphatic heterocycles. The van der Waals surface area contributed by atoms with Crippen molar-refractivity contribution in [1.82, 2.24) is 0 Å². The molecule has 1 nitrogen and oxygen atoms in total. The Hall–Kier alpha value is -0.646. The summed E-state index contributed by atoms with van der Waals surface area (Å²) in [5, 5.41) is 0. The van der Waals surface area contributed by atoms with Crippen LogP contribution in [0.25, 0.3) is 0 Å². The van der Waals surface area contributed by atoms with Crippen molar-refractivity contribution in [2.75, 3.05) is 0 Å².